The van der Waals surface area contributed by atoms with Gasteiger partial charge in [0.25, 0.3) is 5.91 Å². The summed E-state index contributed by atoms with van der Waals surface area (Å²) in [5, 5.41) is 5.56. The summed E-state index contributed by atoms with van der Waals surface area (Å²) in [5.74, 6) is 1.08. The van der Waals surface area contributed by atoms with Crippen molar-refractivity contribution >= 4 is 23.5 Å². The molecule has 1 aromatic heterocycles. The molecule has 1 aromatic carbocycles. The minimum atomic E-state index is -0.516. The quantitative estimate of drug-likeness (QED) is 0.580. The van der Waals surface area contributed by atoms with Gasteiger partial charge in [-0.05, 0) is 63.8 Å². The molecule has 0 radical (unpaired) electrons. The molecule has 2 amide bonds. The third-order valence-electron chi connectivity index (χ3n) is 5.18. The first-order valence-electron chi connectivity index (χ1n) is 11.3. The molecule has 1 atom stereocenters. The number of alkyl carbamates (subject to hydrolysis) is 1. The van der Waals surface area contributed by atoms with Gasteiger partial charge in [0, 0.05) is 25.1 Å². The van der Waals surface area contributed by atoms with Gasteiger partial charge in [-0.25, -0.2) is 4.79 Å². The van der Waals surface area contributed by atoms with Crippen molar-refractivity contribution < 1.29 is 28.3 Å². The summed E-state index contributed by atoms with van der Waals surface area (Å²) in [6.45, 7) is 8.50. The summed E-state index contributed by atoms with van der Waals surface area (Å²) in [7, 11) is 0. The number of fused-ring (bicyclic) bond motifs is 1. The number of hydrogen-bond donors (Lipinski definition) is 2. The number of ether oxygens (including phenoxy) is 2. The Morgan fingerprint density at radius 1 is 1.15 bits per heavy atom. The largest absolute Gasteiger partial charge is 0.494 e. The maximum absolute atomic E-state index is 12.6. The van der Waals surface area contributed by atoms with Gasteiger partial charge in [0.2, 0.25) is 0 Å². The van der Waals surface area contributed by atoms with Crippen molar-refractivity contribution in [3.05, 3.63) is 47.4 Å². The van der Waals surface area contributed by atoms with Crippen LogP contribution in [-0.4, -0.2) is 36.5 Å². The SMILES string of the molecule is CC(CCOc1ccc(NC(=O)c2coc3c2C(=O)CCC3)cc1)CNC(=O)OC(C)(C)C. The van der Waals surface area contributed by atoms with Crippen molar-refractivity contribution in [2.45, 2.75) is 59.0 Å². The molecule has 2 aromatic rings. The maximum atomic E-state index is 12.6. The van der Waals surface area contributed by atoms with Crippen molar-refractivity contribution in [3.8, 4) is 5.75 Å². The number of amides is 2. The van der Waals surface area contributed by atoms with Crippen LogP contribution in [0.3, 0.4) is 0 Å². The molecule has 0 bridgehead atoms. The number of anilines is 1. The molecular weight excluding hydrogens is 424 g/mol. The van der Waals surface area contributed by atoms with E-state index in [0.717, 1.165) is 12.8 Å². The molecule has 0 spiro atoms. The van der Waals surface area contributed by atoms with Crippen molar-refractivity contribution in [3.63, 3.8) is 0 Å². The number of rotatable bonds is 8. The van der Waals surface area contributed by atoms with Gasteiger partial charge in [0.05, 0.1) is 17.7 Å². The number of furan rings is 1. The predicted molar refractivity (Wildman–Crippen MR) is 124 cm³/mol. The summed E-state index contributed by atoms with van der Waals surface area (Å²) in [6, 6.07) is 7.04. The molecule has 2 N–H and O–H groups in total. The fourth-order valence-corrected chi connectivity index (χ4v) is 3.47. The number of carbonyl (C=O) groups excluding carboxylic acids is 3. The molecule has 1 aliphatic carbocycles. The van der Waals surface area contributed by atoms with E-state index in [-0.39, 0.29) is 23.2 Å². The number of nitrogens with one attached hydrogen (secondary N) is 2. The molecule has 1 unspecified atom stereocenters. The first-order chi connectivity index (χ1) is 15.6. The van der Waals surface area contributed by atoms with Gasteiger partial charge in [-0.2, -0.15) is 0 Å². The van der Waals surface area contributed by atoms with Crippen molar-refractivity contribution in [2.24, 2.45) is 5.92 Å². The highest BCUT2D eigenvalue weighted by molar-refractivity contribution is 6.13. The molecule has 178 valence electrons. The number of aryl methyl sites for hydroxylation is 1. The first kappa shape index (κ1) is 24.4. The molecule has 33 heavy (non-hydrogen) atoms. The molecular formula is C25H32N2O6. The Morgan fingerprint density at radius 3 is 2.58 bits per heavy atom. The highest BCUT2D eigenvalue weighted by Crippen LogP contribution is 2.27. The van der Waals surface area contributed by atoms with Gasteiger partial charge >= 0.3 is 6.09 Å². The fourth-order valence-electron chi connectivity index (χ4n) is 3.47. The van der Waals surface area contributed by atoms with Gasteiger partial charge in [-0.3, -0.25) is 9.59 Å². The van der Waals surface area contributed by atoms with Crippen LogP contribution in [0.4, 0.5) is 10.5 Å². The second kappa shape index (κ2) is 10.6. The van der Waals surface area contributed by atoms with E-state index in [1.165, 1.54) is 6.26 Å². The normalized spacial score (nSPS) is 14.2. The Balaban J connectivity index is 1.42. The highest BCUT2D eigenvalue weighted by atomic mass is 16.6. The Bertz CT molecular complexity index is 987. The lowest BCUT2D eigenvalue weighted by atomic mass is 9.94. The molecule has 1 heterocycles. The summed E-state index contributed by atoms with van der Waals surface area (Å²) < 4.78 is 16.4. The van der Waals surface area contributed by atoms with E-state index in [1.807, 2.05) is 27.7 Å². The molecule has 8 heteroatoms. The van der Waals surface area contributed by atoms with Crippen LogP contribution in [0, 0.1) is 5.92 Å². The van der Waals surface area contributed by atoms with Crippen LogP contribution in [0.5, 0.6) is 5.75 Å². The number of hydrogen-bond acceptors (Lipinski definition) is 6. The second-order valence-corrected chi connectivity index (χ2v) is 9.33. The van der Waals surface area contributed by atoms with Crippen molar-refractivity contribution in [1.82, 2.24) is 5.32 Å². The van der Waals surface area contributed by atoms with Gasteiger partial charge in [0.1, 0.15) is 23.4 Å². The number of carbonyl (C=O) groups is 3. The zero-order valence-corrected chi connectivity index (χ0v) is 19.7. The van der Waals surface area contributed by atoms with Crippen molar-refractivity contribution in [2.75, 3.05) is 18.5 Å². The average Bonchev–Trinajstić information content (AvgIpc) is 3.18. The Kier molecular flexibility index (Phi) is 7.79. The zero-order valence-electron chi connectivity index (χ0n) is 19.7. The van der Waals surface area contributed by atoms with Crippen LogP contribution >= 0.6 is 0 Å². The Morgan fingerprint density at radius 2 is 1.88 bits per heavy atom. The number of Topliss-reactive ketones (excluding diaryl/α,β-unsaturated/α-hetero) is 1. The minimum absolute atomic E-state index is 0.0468. The van der Waals surface area contributed by atoms with Crippen LogP contribution in [0.1, 0.15) is 73.4 Å². The van der Waals surface area contributed by atoms with Gasteiger partial charge < -0.3 is 24.5 Å². The smallest absolute Gasteiger partial charge is 0.407 e. The second-order valence-electron chi connectivity index (χ2n) is 9.33. The lowest BCUT2D eigenvalue weighted by Crippen LogP contribution is -2.35. The van der Waals surface area contributed by atoms with E-state index in [0.29, 0.717) is 48.8 Å². The molecule has 0 saturated heterocycles. The fraction of sp³-hybridized carbons (Fsp3) is 0.480. The summed E-state index contributed by atoms with van der Waals surface area (Å²) >= 11 is 0. The standard InChI is InChI=1S/C25H32N2O6/c1-16(14-26-24(30)33-25(2,3)4)12-13-31-18-10-8-17(9-11-18)27-23(29)19-15-32-21-7-5-6-20(28)22(19)21/h8-11,15-16H,5-7,12-14H2,1-4H3,(H,26,30)(H,27,29). The van der Waals surface area contributed by atoms with E-state index >= 15 is 0 Å². The third kappa shape index (κ3) is 7.10. The molecule has 8 nitrogen and oxygen atoms in total. The Labute approximate surface area is 194 Å². The summed E-state index contributed by atoms with van der Waals surface area (Å²) in [4.78, 5) is 36.5. The summed E-state index contributed by atoms with van der Waals surface area (Å²) in [6.07, 6.45) is 3.56. The van der Waals surface area contributed by atoms with E-state index in [2.05, 4.69) is 10.6 Å². The van der Waals surface area contributed by atoms with Crippen LogP contribution in [0.25, 0.3) is 0 Å². The molecule has 0 saturated carbocycles. The highest BCUT2D eigenvalue weighted by Gasteiger charge is 2.27. The molecule has 3 rings (SSSR count). The lowest BCUT2D eigenvalue weighted by Gasteiger charge is -2.20. The van der Waals surface area contributed by atoms with E-state index in [1.54, 1.807) is 24.3 Å². The first-order valence-corrected chi connectivity index (χ1v) is 11.3. The van der Waals surface area contributed by atoms with Gasteiger partial charge in [0.15, 0.2) is 5.78 Å². The topological polar surface area (TPSA) is 107 Å². The number of benzene rings is 1. The molecule has 0 aliphatic heterocycles. The van der Waals surface area contributed by atoms with E-state index < -0.39 is 11.7 Å². The van der Waals surface area contributed by atoms with E-state index in [9.17, 15) is 14.4 Å². The predicted octanol–water partition coefficient (Wildman–Crippen LogP) is 4.98. The zero-order chi connectivity index (χ0) is 24.0. The van der Waals surface area contributed by atoms with Crippen LogP contribution in [-0.2, 0) is 11.2 Å². The minimum Gasteiger partial charge on any atom is -0.494 e. The summed E-state index contributed by atoms with van der Waals surface area (Å²) in [5.41, 5.74) is 0.774. The third-order valence-corrected chi connectivity index (χ3v) is 5.18. The van der Waals surface area contributed by atoms with Crippen LogP contribution < -0.4 is 15.4 Å². The van der Waals surface area contributed by atoms with Crippen molar-refractivity contribution in [1.29, 1.82) is 0 Å². The average molecular weight is 457 g/mol. The Hall–Kier alpha value is -3.29. The van der Waals surface area contributed by atoms with E-state index in [4.69, 9.17) is 13.9 Å². The van der Waals surface area contributed by atoms with Gasteiger partial charge in [-0.1, -0.05) is 6.92 Å². The maximum Gasteiger partial charge on any atom is 0.407 e. The lowest BCUT2D eigenvalue weighted by molar-refractivity contribution is 0.0518. The van der Waals surface area contributed by atoms with Gasteiger partial charge in [-0.15, -0.1) is 0 Å². The number of ketones is 1. The molecule has 0 fully saturated rings. The monoisotopic (exact) mass is 456 g/mol. The van der Waals surface area contributed by atoms with Crippen LogP contribution in [0.2, 0.25) is 0 Å². The molecule has 1 aliphatic rings. The van der Waals surface area contributed by atoms with Crippen LogP contribution in [0.15, 0.2) is 34.9 Å².